The first-order valence-electron chi connectivity index (χ1n) is 20.5. The van der Waals surface area contributed by atoms with E-state index in [4.69, 9.17) is 25.7 Å². The summed E-state index contributed by atoms with van der Waals surface area (Å²) in [7, 11) is 0. The lowest BCUT2D eigenvalue weighted by Crippen LogP contribution is -2.47. The summed E-state index contributed by atoms with van der Waals surface area (Å²) in [5, 5.41) is 8.03. The van der Waals surface area contributed by atoms with E-state index in [1.807, 2.05) is 24.3 Å². The van der Waals surface area contributed by atoms with Crippen molar-refractivity contribution in [1.82, 2.24) is 24.6 Å². The minimum Gasteiger partial charge on any atom is -0.493 e. The fraction of sp³-hybridized carbons (Fsp3) is 0.488. The van der Waals surface area contributed by atoms with Gasteiger partial charge in [-0.25, -0.2) is 9.67 Å². The van der Waals surface area contributed by atoms with Crippen molar-refractivity contribution >= 4 is 46.0 Å². The Balaban J connectivity index is 0.000000189. The van der Waals surface area contributed by atoms with E-state index in [0.717, 1.165) is 86.0 Å². The highest BCUT2D eigenvalue weighted by molar-refractivity contribution is 6.40. The maximum atomic E-state index is 13.6. The topological polar surface area (TPSA) is 197 Å². The number of nitrogens with zero attached hydrogens (tertiary/aromatic N) is 5. The minimum atomic E-state index is -0.886. The third-order valence-electron chi connectivity index (χ3n) is 12.1. The number of ether oxygens (including phenoxy) is 3. The molecular weight excluding hydrogens is 741 g/mol. The number of para-hydroxylation sites is 2. The van der Waals surface area contributed by atoms with Crippen molar-refractivity contribution in [2.45, 2.75) is 89.9 Å². The average Bonchev–Trinajstić information content (AvgIpc) is 4.03. The van der Waals surface area contributed by atoms with Crippen LogP contribution in [-0.2, 0) is 36.8 Å². The zero-order valence-electron chi connectivity index (χ0n) is 33.2. The maximum Gasteiger partial charge on any atom is 0.314 e. The molecule has 0 bridgehead atoms. The van der Waals surface area contributed by atoms with Gasteiger partial charge >= 0.3 is 23.6 Å². The number of benzene rings is 2. The monoisotopic (exact) mass is 792 g/mol. The predicted molar refractivity (Wildman–Crippen MR) is 216 cm³/mol. The Labute approximate surface area is 337 Å². The van der Waals surface area contributed by atoms with Crippen LogP contribution in [0.5, 0.6) is 11.5 Å². The summed E-state index contributed by atoms with van der Waals surface area (Å²) in [5.41, 5.74) is 16.5. The second kappa shape index (κ2) is 16.6. The Morgan fingerprint density at radius 1 is 0.776 bits per heavy atom. The summed E-state index contributed by atoms with van der Waals surface area (Å²) >= 11 is 0. The molecule has 3 fully saturated rings. The largest absolute Gasteiger partial charge is 0.493 e. The van der Waals surface area contributed by atoms with E-state index in [1.165, 1.54) is 11.8 Å². The molecule has 306 valence electrons. The van der Waals surface area contributed by atoms with Crippen LogP contribution in [0, 0.1) is 11.8 Å². The first-order valence-corrected chi connectivity index (χ1v) is 20.5. The average molecular weight is 793 g/mol. The third kappa shape index (κ3) is 7.79. The highest BCUT2D eigenvalue weighted by Crippen LogP contribution is 2.43. The number of nitrogens with two attached hydrogens (primary N) is 2. The Kier molecular flexibility index (Phi) is 11.2. The Morgan fingerprint density at radius 2 is 1.38 bits per heavy atom. The molecule has 2 aromatic carbocycles. The molecular formula is C43H52N8O7. The van der Waals surface area contributed by atoms with Crippen LogP contribution < -0.4 is 26.3 Å². The first kappa shape index (κ1) is 39.1. The molecule has 4 amide bonds. The molecule has 15 nitrogen and oxygen atoms in total. The predicted octanol–water partition coefficient (Wildman–Crippen LogP) is 4.99. The van der Waals surface area contributed by atoms with Crippen molar-refractivity contribution in [3.8, 4) is 11.5 Å². The Hall–Kier alpha value is -5.70. The van der Waals surface area contributed by atoms with E-state index in [9.17, 15) is 19.2 Å². The summed E-state index contributed by atoms with van der Waals surface area (Å²) < 4.78 is 19.3. The van der Waals surface area contributed by atoms with E-state index in [2.05, 4.69) is 41.4 Å². The number of hydrogen-bond donors (Lipinski definition) is 3. The number of primary amides is 1. The van der Waals surface area contributed by atoms with Crippen LogP contribution in [0.3, 0.4) is 0 Å². The van der Waals surface area contributed by atoms with Gasteiger partial charge in [-0.05, 0) is 67.9 Å². The van der Waals surface area contributed by atoms with Gasteiger partial charge in [0.05, 0.1) is 42.6 Å². The van der Waals surface area contributed by atoms with Gasteiger partial charge in [0.2, 0.25) is 0 Å². The first-order chi connectivity index (χ1) is 28.1. The molecule has 0 saturated carbocycles. The van der Waals surface area contributed by atoms with Crippen LogP contribution in [0.2, 0.25) is 0 Å². The van der Waals surface area contributed by atoms with Crippen molar-refractivity contribution in [2.75, 3.05) is 44.0 Å². The molecule has 0 aliphatic carbocycles. The van der Waals surface area contributed by atoms with E-state index in [1.54, 1.807) is 20.7 Å². The van der Waals surface area contributed by atoms with Gasteiger partial charge in [0.25, 0.3) is 0 Å². The van der Waals surface area contributed by atoms with Gasteiger partial charge in [-0.2, -0.15) is 5.10 Å². The van der Waals surface area contributed by atoms with Crippen LogP contribution in [0.15, 0.2) is 48.8 Å². The number of amides is 4. The summed E-state index contributed by atoms with van der Waals surface area (Å²) in [6.07, 6.45) is 11.4. The highest BCUT2D eigenvalue weighted by Gasteiger charge is 2.38. The van der Waals surface area contributed by atoms with Crippen molar-refractivity contribution < 1.29 is 33.4 Å². The van der Waals surface area contributed by atoms with E-state index in [0.29, 0.717) is 67.2 Å². The molecule has 5 aliphatic heterocycles. The zero-order valence-corrected chi connectivity index (χ0v) is 33.2. The lowest BCUT2D eigenvalue weighted by Gasteiger charge is -2.39. The molecule has 2 aromatic heterocycles. The number of rotatable bonds is 4. The number of anilines is 2. The number of hydrogen-bond acceptors (Lipinski definition) is 10. The molecule has 0 radical (unpaired) electrons. The summed E-state index contributed by atoms with van der Waals surface area (Å²) in [6, 6.07) is 11.8. The fourth-order valence-corrected chi connectivity index (χ4v) is 9.07. The second-order valence-electron chi connectivity index (χ2n) is 16.2. The molecule has 15 heteroatoms. The van der Waals surface area contributed by atoms with Crippen LogP contribution in [0.4, 0.5) is 11.5 Å². The summed E-state index contributed by atoms with van der Waals surface area (Å²) in [6.45, 7) is 7.26. The number of nitrogens with one attached hydrogen (secondary N) is 1. The Morgan fingerprint density at radius 3 is 1.95 bits per heavy atom. The Bertz CT molecular complexity index is 2220. The number of likely N-dealkylation sites (tertiary alicyclic amines) is 2. The lowest BCUT2D eigenvalue weighted by molar-refractivity contribution is -0.147. The molecule has 4 aromatic rings. The second-order valence-corrected chi connectivity index (χ2v) is 16.2. The number of aromatic nitrogens is 3. The smallest absolute Gasteiger partial charge is 0.314 e. The van der Waals surface area contributed by atoms with Crippen molar-refractivity contribution in [2.24, 2.45) is 17.6 Å². The van der Waals surface area contributed by atoms with Crippen LogP contribution in [-0.4, -0.2) is 81.1 Å². The molecule has 5 unspecified atom stereocenters. The van der Waals surface area contributed by atoms with Crippen molar-refractivity contribution in [1.29, 1.82) is 0 Å². The highest BCUT2D eigenvalue weighted by atomic mass is 16.5. The number of nitrogen functional groups attached to an aromatic ring is 1. The quantitative estimate of drug-likeness (QED) is 0.237. The number of carbonyl (C=O) groups is 4. The summed E-state index contributed by atoms with van der Waals surface area (Å²) in [5.74, 6) is -0.0476. The molecule has 3 saturated heterocycles. The fourth-order valence-electron chi connectivity index (χ4n) is 9.07. The molecule has 0 spiro atoms. The van der Waals surface area contributed by atoms with Gasteiger partial charge in [0.15, 0.2) is 0 Å². The van der Waals surface area contributed by atoms with Crippen molar-refractivity contribution in [3.63, 3.8) is 0 Å². The normalized spacial score (nSPS) is 23.8. The van der Waals surface area contributed by atoms with Gasteiger partial charge in [0, 0.05) is 49.9 Å². The molecule has 5 aliphatic rings. The van der Waals surface area contributed by atoms with E-state index < -0.39 is 23.6 Å². The van der Waals surface area contributed by atoms with Gasteiger partial charge < -0.3 is 40.8 Å². The van der Waals surface area contributed by atoms with Crippen LogP contribution >= 0.6 is 0 Å². The SMILES string of the molecule is CC1CCC(c2cccc3c2OCC3)N(C(=O)C(=O)Nc2cnc(N)c3cn(C4CCCCO4)nc23)C1.CC1CCC(c2cccc3c2OCC3)N(C(=O)C(N)=O)C1. The lowest BCUT2D eigenvalue weighted by atomic mass is 9.88. The third-order valence-corrected chi connectivity index (χ3v) is 12.1. The van der Waals surface area contributed by atoms with Crippen LogP contribution in [0.25, 0.3) is 10.9 Å². The molecule has 5 N–H and O–H groups in total. The number of carbonyl (C=O) groups excluding carboxylic acids is 4. The van der Waals surface area contributed by atoms with Crippen molar-refractivity contribution in [3.05, 3.63) is 71.0 Å². The summed E-state index contributed by atoms with van der Waals surface area (Å²) in [4.78, 5) is 57.9. The number of piperidine rings is 2. The van der Waals surface area contributed by atoms with Gasteiger partial charge in [-0.1, -0.05) is 50.2 Å². The number of pyridine rings is 1. The van der Waals surface area contributed by atoms with Gasteiger partial charge in [-0.15, -0.1) is 0 Å². The van der Waals surface area contributed by atoms with Gasteiger partial charge in [0.1, 0.15) is 29.1 Å². The molecule has 5 atom stereocenters. The zero-order chi connectivity index (χ0) is 40.5. The standard InChI is InChI=1S/C27H32N6O4.C16H20N2O3/c1-16-8-9-21(18-6-4-5-17-10-12-37-24(17)18)32(14-16)27(35)26(34)30-20-13-29-25(28)19-15-33(31-23(19)20)22-7-2-3-11-36-22;1-10-5-6-13(18(9-10)16(20)15(17)19)12-4-2-3-11-7-8-21-14(11)12/h4-6,13,15-16,21-22H,2-3,7-12,14H2,1H3,(H2,28,29)(H,30,34);2-4,10,13H,5-9H2,1H3,(H2,17,19). The molecule has 9 rings (SSSR count). The van der Waals surface area contributed by atoms with Crippen LogP contribution in [0.1, 0.15) is 99.4 Å². The molecule has 58 heavy (non-hydrogen) atoms. The van der Waals surface area contributed by atoms with E-state index >= 15 is 0 Å². The minimum absolute atomic E-state index is 0.116. The molecule has 7 heterocycles. The van der Waals surface area contributed by atoms with E-state index in [-0.39, 0.29) is 18.3 Å². The number of fused-ring (bicyclic) bond motifs is 3. The maximum absolute atomic E-state index is 13.6. The van der Waals surface area contributed by atoms with Gasteiger partial charge in [-0.3, -0.25) is 19.2 Å².